The van der Waals surface area contributed by atoms with Crippen molar-refractivity contribution in [2.45, 2.75) is 19.4 Å². The molecule has 0 radical (unpaired) electrons. The topological polar surface area (TPSA) is 65.8 Å². The monoisotopic (exact) mass is 368 g/mol. The Hall–Kier alpha value is -2.83. The summed E-state index contributed by atoms with van der Waals surface area (Å²) in [5.41, 5.74) is 2.18. The maximum Gasteiger partial charge on any atom is 0.243 e. The molecule has 2 heterocycles. The van der Waals surface area contributed by atoms with E-state index in [4.69, 9.17) is 0 Å². The van der Waals surface area contributed by atoms with Crippen molar-refractivity contribution in [3.05, 3.63) is 42.6 Å². The highest BCUT2D eigenvalue weighted by Crippen LogP contribution is 2.25. The van der Waals surface area contributed by atoms with E-state index in [0.717, 1.165) is 41.9 Å². The minimum absolute atomic E-state index is 0.0153. The lowest BCUT2D eigenvalue weighted by Gasteiger charge is -2.22. The molecule has 1 aromatic heterocycles. The van der Waals surface area contributed by atoms with E-state index in [9.17, 15) is 4.79 Å². The first-order valence-corrected chi connectivity index (χ1v) is 9.25. The summed E-state index contributed by atoms with van der Waals surface area (Å²) in [6.45, 7) is 8.37. The van der Waals surface area contributed by atoms with Crippen molar-refractivity contribution in [1.29, 1.82) is 0 Å². The van der Waals surface area contributed by atoms with Gasteiger partial charge in [0.15, 0.2) is 5.96 Å². The van der Waals surface area contributed by atoms with Crippen LogP contribution in [0, 0.1) is 0 Å². The van der Waals surface area contributed by atoms with Crippen LogP contribution in [0.15, 0.2) is 47.6 Å². The van der Waals surface area contributed by atoms with Gasteiger partial charge in [-0.05, 0) is 19.4 Å². The number of amides is 1. The van der Waals surface area contributed by atoms with Gasteiger partial charge in [-0.1, -0.05) is 30.4 Å². The van der Waals surface area contributed by atoms with Gasteiger partial charge in [-0.2, -0.15) is 5.10 Å². The fourth-order valence-corrected chi connectivity index (χ4v) is 3.20. The lowest BCUT2D eigenvalue weighted by molar-refractivity contribution is -0.127. The van der Waals surface area contributed by atoms with Crippen molar-refractivity contribution in [1.82, 2.24) is 24.9 Å². The number of hydrogen-bond donors (Lipinski definition) is 1. The number of nitrogens with zero attached hydrogens (tertiary/aromatic N) is 5. The van der Waals surface area contributed by atoms with Gasteiger partial charge in [0.05, 0.1) is 17.8 Å². The van der Waals surface area contributed by atoms with Crippen LogP contribution >= 0.6 is 0 Å². The van der Waals surface area contributed by atoms with Crippen molar-refractivity contribution in [2.24, 2.45) is 4.99 Å². The first-order valence-electron chi connectivity index (χ1n) is 9.25. The van der Waals surface area contributed by atoms with Crippen LogP contribution in [0.2, 0.25) is 0 Å². The molecule has 7 nitrogen and oxygen atoms in total. The predicted octanol–water partition coefficient (Wildman–Crippen LogP) is 1.89. The number of aromatic nitrogens is 2. The molecule has 1 aromatic carbocycles. The van der Waals surface area contributed by atoms with Crippen LogP contribution in [-0.2, 0) is 4.79 Å². The van der Waals surface area contributed by atoms with E-state index in [1.807, 2.05) is 25.3 Å². The number of nitrogens with one attached hydrogen (secondary N) is 1. The molecule has 1 fully saturated rings. The van der Waals surface area contributed by atoms with Gasteiger partial charge in [0.1, 0.15) is 6.54 Å². The number of hydrogen-bond acceptors (Lipinski definition) is 3. The Labute approximate surface area is 160 Å². The number of aliphatic imine (C=N–C) groups is 1. The van der Waals surface area contributed by atoms with Crippen molar-refractivity contribution in [3.63, 3.8) is 0 Å². The molecule has 144 valence electrons. The highest BCUT2D eigenvalue weighted by Gasteiger charge is 2.27. The Kier molecular flexibility index (Phi) is 5.78. The van der Waals surface area contributed by atoms with Crippen LogP contribution in [0.4, 0.5) is 0 Å². The standard InChI is InChI=1S/C20H28N6O/c1-15(2)11-21-20(22-13-19(27)24(3)4)25-10-9-17(14-25)26-18-8-6-5-7-16(18)12-23-26/h5-8,12,17H,1,9-11,13-14H2,2-4H3,(H,21,22). The highest BCUT2D eigenvalue weighted by molar-refractivity contribution is 5.85. The quantitative estimate of drug-likeness (QED) is 0.497. The summed E-state index contributed by atoms with van der Waals surface area (Å²) in [6, 6.07) is 8.55. The predicted molar refractivity (Wildman–Crippen MR) is 109 cm³/mol. The molecule has 3 rings (SSSR count). The Bertz CT molecular complexity index is 853. The minimum Gasteiger partial charge on any atom is -0.353 e. The molecule has 0 bridgehead atoms. The molecule has 1 aliphatic rings. The third-order valence-corrected chi connectivity index (χ3v) is 4.72. The summed E-state index contributed by atoms with van der Waals surface area (Å²) in [6.07, 6.45) is 2.91. The Morgan fingerprint density at radius 2 is 2.19 bits per heavy atom. The van der Waals surface area contributed by atoms with E-state index in [1.54, 1.807) is 19.0 Å². The third-order valence-electron chi connectivity index (χ3n) is 4.72. The fourth-order valence-electron chi connectivity index (χ4n) is 3.20. The summed E-state index contributed by atoms with van der Waals surface area (Å²) < 4.78 is 2.11. The zero-order valence-electron chi connectivity index (χ0n) is 16.4. The second-order valence-electron chi connectivity index (χ2n) is 7.28. The zero-order valence-corrected chi connectivity index (χ0v) is 16.4. The van der Waals surface area contributed by atoms with Gasteiger partial charge in [-0.25, -0.2) is 4.99 Å². The average Bonchev–Trinajstić information content (AvgIpc) is 3.27. The number of benzene rings is 1. The summed E-state index contributed by atoms with van der Waals surface area (Å²) in [5.74, 6) is 0.741. The molecule has 1 N–H and O–H groups in total. The fraction of sp³-hybridized carbons (Fsp3) is 0.450. The smallest absolute Gasteiger partial charge is 0.243 e. The number of likely N-dealkylation sites (tertiary alicyclic amines) is 1. The summed E-state index contributed by atoms with van der Waals surface area (Å²) >= 11 is 0. The molecular formula is C20H28N6O. The van der Waals surface area contributed by atoms with Crippen LogP contribution < -0.4 is 5.32 Å². The number of fused-ring (bicyclic) bond motifs is 1. The first-order chi connectivity index (χ1) is 13.0. The maximum absolute atomic E-state index is 11.9. The molecule has 0 saturated carbocycles. The van der Waals surface area contributed by atoms with Crippen LogP contribution in [0.1, 0.15) is 19.4 Å². The van der Waals surface area contributed by atoms with Crippen LogP contribution in [0.5, 0.6) is 0 Å². The Morgan fingerprint density at radius 1 is 1.41 bits per heavy atom. The number of carbonyl (C=O) groups is 1. The molecule has 2 aromatic rings. The molecule has 1 saturated heterocycles. The number of guanidine groups is 1. The number of rotatable bonds is 5. The SMILES string of the molecule is C=C(C)CNC(=NCC(=O)N(C)C)N1CCC(n2ncc3ccccc32)C1. The third kappa shape index (κ3) is 4.48. The van der Waals surface area contributed by atoms with Gasteiger partial charge in [0, 0.05) is 39.1 Å². The van der Waals surface area contributed by atoms with Crippen molar-refractivity contribution in [2.75, 3.05) is 40.3 Å². The van der Waals surface area contributed by atoms with E-state index in [2.05, 4.69) is 43.7 Å². The van der Waals surface area contributed by atoms with Gasteiger partial charge in [-0.15, -0.1) is 0 Å². The lowest BCUT2D eigenvalue weighted by atomic mass is 10.2. The number of likely N-dealkylation sites (N-methyl/N-ethyl adjacent to an activating group) is 1. The molecule has 1 unspecified atom stereocenters. The summed E-state index contributed by atoms with van der Waals surface area (Å²) in [4.78, 5) is 20.2. The average molecular weight is 368 g/mol. The van der Waals surface area contributed by atoms with Gasteiger partial charge >= 0.3 is 0 Å². The molecule has 1 amide bonds. The normalized spacial score (nSPS) is 17.4. The van der Waals surface area contributed by atoms with Crippen molar-refractivity contribution >= 4 is 22.8 Å². The van der Waals surface area contributed by atoms with E-state index < -0.39 is 0 Å². The molecule has 0 aliphatic carbocycles. The zero-order chi connectivity index (χ0) is 19.4. The molecular weight excluding hydrogens is 340 g/mol. The van der Waals surface area contributed by atoms with Gasteiger partial charge < -0.3 is 15.1 Å². The second-order valence-corrected chi connectivity index (χ2v) is 7.28. The van der Waals surface area contributed by atoms with E-state index in [1.165, 1.54) is 0 Å². The van der Waals surface area contributed by atoms with Crippen LogP contribution in [0.25, 0.3) is 10.9 Å². The lowest BCUT2D eigenvalue weighted by Crippen LogP contribution is -2.41. The van der Waals surface area contributed by atoms with E-state index >= 15 is 0 Å². The highest BCUT2D eigenvalue weighted by atomic mass is 16.2. The molecule has 1 aliphatic heterocycles. The molecule has 27 heavy (non-hydrogen) atoms. The minimum atomic E-state index is -0.0153. The first kappa shape index (κ1) is 18.9. The number of carbonyl (C=O) groups excluding carboxylic acids is 1. The van der Waals surface area contributed by atoms with Gasteiger partial charge in [0.2, 0.25) is 5.91 Å². The Balaban J connectivity index is 1.74. The Morgan fingerprint density at radius 3 is 2.93 bits per heavy atom. The van der Waals surface area contributed by atoms with Crippen LogP contribution in [0.3, 0.4) is 0 Å². The van der Waals surface area contributed by atoms with Crippen molar-refractivity contribution in [3.8, 4) is 0 Å². The molecule has 7 heteroatoms. The summed E-state index contributed by atoms with van der Waals surface area (Å²) in [5, 5.41) is 9.09. The van der Waals surface area contributed by atoms with E-state index in [0.29, 0.717) is 6.54 Å². The molecule has 0 spiro atoms. The largest absolute Gasteiger partial charge is 0.353 e. The van der Waals surface area contributed by atoms with E-state index in [-0.39, 0.29) is 18.5 Å². The molecule has 1 atom stereocenters. The van der Waals surface area contributed by atoms with Gasteiger partial charge in [0.25, 0.3) is 0 Å². The number of para-hydroxylation sites is 1. The van der Waals surface area contributed by atoms with Crippen LogP contribution in [-0.4, -0.2) is 71.7 Å². The van der Waals surface area contributed by atoms with Gasteiger partial charge in [-0.3, -0.25) is 9.48 Å². The van der Waals surface area contributed by atoms with Crippen molar-refractivity contribution < 1.29 is 4.79 Å². The maximum atomic E-state index is 11.9. The summed E-state index contributed by atoms with van der Waals surface area (Å²) in [7, 11) is 3.49. The second kappa shape index (κ2) is 8.24.